The minimum absolute atomic E-state index is 0.0605. The topological polar surface area (TPSA) is 112 Å². The third-order valence-electron chi connectivity index (χ3n) is 17.4. The van der Waals surface area contributed by atoms with Crippen LogP contribution in [0.15, 0.2) is 42.0 Å². The molecule has 2 bridgehead atoms. The van der Waals surface area contributed by atoms with Gasteiger partial charge in [0.25, 0.3) is 0 Å². The van der Waals surface area contributed by atoms with Gasteiger partial charge >= 0.3 is 16.3 Å². The van der Waals surface area contributed by atoms with E-state index in [1.54, 1.807) is 7.11 Å². The van der Waals surface area contributed by atoms with Gasteiger partial charge in [-0.1, -0.05) is 104 Å². The van der Waals surface area contributed by atoms with Gasteiger partial charge in [-0.2, -0.15) is 12.7 Å². The van der Waals surface area contributed by atoms with Crippen LogP contribution in [0, 0.1) is 62.6 Å². The maximum absolute atomic E-state index is 14.8. The monoisotopic (exact) mass is 785 g/mol. The highest BCUT2D eigenvalue weighted by molar-refractivity contribution is 7.83. The Hall–Kier alpha value is -1.82. The number of methoxy groups -OCH3 is 1. The molecule has 4 fully saturated rings. The SMILES string of the molecule is CO[C@@H]1C[C@@]23COC[C@](C)([C@@H]2CC[C@H]2C3=CC[C@@]3(C)[C@H](C(=O)OCc4ccccc4)[C@@](C)([C@H](C)C(C)C)CC[C@]23C)[C@H]1OC[C@](C)(C(C)C)N(C)S(=O)(=O)O. The van der Waals surface area contributed by atoms with E-state index in [1.807, 2.05) is 51.1 Å². The number of ether oxygens (including phenoxy) is 4. The third-order valence-corrected chi connectivity index (χ3v) is 18.6. The molecule has 1 aliphatic heterocycles. The normalized spacial score (nSPS) is 40.4. The first-order valence-corrected chi connectivity index (χ1v) is 22.3. The molecule has 3 saturated carbocycles. The molecule has 12 atom stereocenters. The Labute approximate surface area is 332 Å². The first-order valence-electron chi connectivity index (χ1n) is 20.9. The highest BCUT2D eigenvalue weighted by atomic mass is 32.2. The first kappa shape index (κ1) is 42.8. The van der Waals surface area contributed by atoms with Gasteiger partial charge in [-0.25, -0.2) is 0 Å². The average Bonchev–Trinajstić information content (AvgIpc) is 3.12. The Balaban J connectivity index is 1.36. The van der Waals surface area contributed by atoms with Gasteiger partial charge in [0.2, 0.25) is 0 Å². The van der Waals surface area contributed by atoms with Crippen molar-refractivity contribution in [2.45, 2.75) is 132 Å². The zero-order chi connectivity index (χ0) is 40.6. The first-order chi connectivity index (χ1) is 25.6. The fourth-order valence-electron chi connectivity index (χ4n) is 13.0. The molecule has 55 heavy (non-hydrogen) atoms. The van der Waals surface area contributed by atoms with Gasteiger partial charge in [0.15, 0.2) is 0 Å². The number of hydrogen-bond acceptors (Lipinski definition) is 7. The zero-order valence-corrected chi connectivity index (χ0v) is 36.6. The maximum atomic E-state index is 14.8. The van der Waals surface area contributed by atoms with E-state index in [2.05, 4.69) is 54.5 Å². The standard InChI is InChI=1S/C45H71NO8S/c1-29(2)31(5)40(6)22-23-42(8)33-18-19-36-41(7)26-52-28-45(36,24-35(51-12)38(41)54-27-44(10,30(3)4)46(11)55(48,49)50)34(33)20-21-43(42,9)37(40)39(47)53-25-32-16-14-13-15-17-32/h13-17,20,29-31,33,35-38H,18-19,21-28H2,1-12H3,(H,48,49,50)/t31-,33+,35-,36+,37-,38+,40-,41-,42-,43+,44-,45+/m1/s1. The van der Waals surface area contributed by atoms with Crippen molar-refractivity contribution in [3.05, 3.63) is 47.5 Å². The zero-order valence-electron chi connectivity index (χ0n) is 35.8. The summed E-state index contributed by atoms with van der Waals surface area (Å²) in [4.78, 5) is 14.8. The van der Waals surface area contributed by atoms with E-state index >= 15 is 0 Å². The lowest BCUT2D eigenvalue weighted by atomic mass is 9.34. The second kappa shape index (κ2) is 14.8. The van der Waals surface area contributed by atoms with E-state index in [0.29, 0.717) is 31.0 Å². The minimum atomic E-state index is -4.44. The molecular weight excluding hydrogens is 715 g/mol. The van der Waals surface area contributed by atoms with Crippen LogP contribution in [0.5, 0.6) is 0 Å². The summed E-state index contributed by atoms with van der Waals surface area (Å²) in [5.41, 5.74) is 0.244. The van der Waals surface area contributed by atoms with Gasteiger partial charge in [-0.15, -0.1) is 0 Å². The summed E-state index contributed by atoms with van der Waals surface area (Å²) in [6, 6.07) is 10.0. The lowest BCUT2D eigenvalue weighted by Gasteiger charge is -2.71. The second-order valence-electron chi connectivity index (χ2n) is 20.3. The number of carbonyl (C=O) groups is 1. The molecule has 1 aromatic carbocycles. The van der Waals surface area contributed by atoms with Crippen LogP contribution < -0.4 is 0 Å². The molecule has 1 aromatic rings. The Kier molecular flexibility index (Phi) is 11.5. The van der Waals surface area contributed by atoms with Crippen LogP contribution in [0.1, 0.15) is 113 Å². The number of fused-ring (bicyclic) bond motifs is 3. The van der Waals surface area contributed by atoms with E-state index in [-0.39, 0.29) is 76.2 Å². The van der Waals surface area contributed by atoms with Crippen LogP contribution in [0.2, 0.25) is 0 Å². The van der Waals surface area contributed by atoms with Crippen molar-refractivity contribution < 1.29 is 36.7 Å². The molecule has 1 N–H and O–H groups in total. The molecule has 6 rings (SSSR count). The molecule has 0 aromatic heterocycles. The number of rotatable bonds is 12. The number of esters is 1. The molecular formula is C45H71NO8S. The van der Waals surface area contributed by atoms with Crippen LogP contribution in [-0.4, -0.2) is 75.0 Å². The smallest absolute Gasteiger partial charge is 0.336 e. The van der Waals surface area contributed by atoms with Gasteiger partial charge in [0.05, 0.1) is 43.5 Å². The largest absolute Gasteiger partial charge is 0.461 e. The van der Waals surface area contributed by atoms with Crippen molar-refractivity contribution in [2.24, 2.45) is 62.6 Å². The highest BCUT2D eigenvalue weighted by Crippen LogP contribution is 2.75. The van der Waals surface area contributed by atoms with Crippen molar-refractivity contribution in [3.63, 3.8) is 0 Å². The summed E-state index contributed by atoms with van der Waals surface area (Å²) >= 11 is 0. The van der Waals surface area contributed by atoms with E-state index in [1.165, 1.54) is 12.6 Å². The van der Waals surface area contributed by atoms with Gasteiger partial charge < -0.3 is 18.9 Å². The lowest BCUT2D eigenvalue weighted by molar-refractivity contribution is -0.271. The number of likely N-dealkylation sites (N-methyl/N-ethyl adjacent to an activating group) is 1. The molecule has 0 unspecified atom stereocenters. The minimum Gasteiger partial charge on any atom is -0.461 e. The van der Waals surface area contributed by atoms with Gasteiger partial charge in [0, 0.05) is 25.0 Å². The average molecular weight is 786 g/mol. The quantitative estimate of drug-likeness (QED) is 0.127. The Bertz CT molecular complexity index is 1720. The van der Waals surface area contributed by atoms with Crippen LogP contribution in [0.25, 0.3) is 0 Å². The fraction of sp³-hybridized carbons (Fsp3) is 0.800. The molecule has 1 saturated heterocycles. The molecule has 5 aliphatic rings. The van der Waals surface area contributed by atoms with Crippen molar-refractivity contribution in [2.75, 3.05) is 34.0 Å². The summed E-state index contributed by atoms with van der Waals surface area (Å²) in [5, 5.41) is 0. The molecule has 1 heterocycles. The molecule has 0 amide bonds. The van der Waals surface area contributed by atoms with Crippen molar-refractivity contribution in [3.8, 4) is 0 Å². The van der Waals surface area contributed by atoms with E-state index in [4.69, 9.17) is 18.9 Å². The van der Waals surface area contributed by atoms with Crippen LogP contribution in [0.3, 0.4) is 0 Å². The highest BCUT2D eigenvalue weighted by Gasteiger charge is 2.72. The van der Waals surface area contributed by atoms with Crippen molar-refractivity contribution >= 4 is 16.3 Å². The number of allylic oxidation sites excluding steroid dienone is 1. The Morgan fingerprint density at radius 1 is 1.02 bits per heavy atom. The van der Waals surface area contributed by atoms with E-state index < -0.39 is 15.8 Å². The van der Waals surface area contributed by atoms with E-state index in [9.17, 15) is 17.8 Å². The fourth-order valence-corrected chi connectivity index (χ4v) is 13.8. The molecule has 0 spiro atoms. The molecule has 0 radical (unpaired) electrons. The van der Waals surface area contributed by atoms with Crippen LogP contribution >= 0.6 is 0 Å². The third kappa shape index (κ3) is 6.59. The van der Waals surface area contributed by atoms with Crippen LogP contribution in [-0.2, 0) is 40.7 Å². The van der Waals surface area contributed by atoms with Gasteiger partial charge in [0.1, 0.15) is 6.61 Å². The van der Waals surface area contributed by atoms with Crippen LogP contribution in [0.4, 0.5) is 0 Å². The molecule has 310 valence electrons. The number of carbonyl (C=O) groups excluding carboxylic acids is 1. The molecule has 10 heteroatoms. The van der Waals surface area contributed by atoms with Crippen molar-refractivity contribution in [1.29, 1.82) is 0 Å². The Morgan fingerprint density at radius 3 is 2.29 bits per heavy atom. The van der Waals surface area contributed by atoms with Gasteiger partial charge in [-0.3, -0.25) is 9.35 Å². The number of hydrogen-bond donors (Lipinski definition) is 1. The molecule has 4 aliphatic carbocycles. The molecule has 9 nitrogen and oxygen atoms in total. The maximum Gasteiger partial charge on any atom is 0.336 e. The number of benzene rings is 1. The predicted octanol–water partition coefficient (Wildman–Crippen LogP) is 8.78. The van der Waals surface area contributed by atoms with Crippen molar-refractivity contribution in [1.82, 2.24) is 4.31 Å². The summed E-state index contributed by atoms with van der Waals surface area (Å²) in [5.74, 6) is 0.895. The van der Waals surface area contributed by atoms with Gasteiger partial charge in [-0.05, 0) is 96.8 Å². The summed E-state index contributed by atoms with van der Waals surface area (Å²) in [6.07, 6.45) is 7.58. The Morgan fingerprint density at radius 2 is 1.69 bits per heavy atom. The summed E-state index contributed by atoms with van der Waals surface area (Å²) < 4.78 is 62.1. The summed E-state index contributed by atoms with van der Waals surface area (Å²) in [7, 11) is -1.26. The predicted molar refractivity (Wildman–Crippen MR) is 215 cm³/mol. The second-order valence-corrected chi connectivity index (χ2v) is 21.7. The summed E-state index contributed by atoms with van der Waals surface area (Å²) in [6.45, 7) is 23.8. The number of nitrogens with zero attached hydrogens (tertiary/aromatic N) is 1. The lowest BCUT2D eigenvalue weighted by Crippen LogP contribution is -2.70. The van der Waals surface area contributed by atoms with E-state index in [0.717, 1.165) is 48.4 Å².